The topological polar surface area (TPSA) is 120 Å². The van der Waals surface area contributed by atoms with Crippen molar-refractivity contribution in [1.29, 1.82) is 0 Å². The molecule has 0 spiro atoms. The second-order valence-electron chi connectivity index (χ2n) is 7.31. The summed E-state index contributed by atoms with van der Waals surface area (Å²) in [5.41, 5.74) is 3.07. The summed E-state index contributed by atoms with van der Waals surface area (Å²) >= 11 is 0. The van der Waals surface area contributed by atoms with Crippen LogP contribution in [0.2, 0.25) is 0 Å². The lowest BCUT2D eigenvalue weighted by molar-refractivity contribution is -0.117. The highest BCUT2D eigenvalue weighted by Gasteiger charge is 2.21. The van der Waals surface area contributed by atoms with E-state index in [1.807, 2.05) is 37.3 Å². The van der Waals surface area contributed by atoms with Crippen LogP contribution in [-0.4, -0.2) is 26.0 Å². The van der Waals surface area contributed by atoms with Crippen molar-refractivity contribution in [3.8, 4) is 11.6 Å². The molecule has 31 heavy (non-hydrogen) atoms. The maximum absolute atomic E-state index is 12.4. The van der Waals surface area contributed by atoms with Crippen molar-refractivity contribution in [2.75, 3.05) is 5.32 Å². The SMILES string of the molecule is Cc1cc(COc2ccc(NC(=O)C(C)c3[nH]c(=O)[nH]c3O)cc2)c2ccccc2n1. The Morgan fingerprint density at radius 2 is 1.90 bits per heavy atom. The van der Waals surface area contributed by atoms with Gasteiger partial charge in [0, 0.05) is 22.3 Å². The minimum absolute atomic E-state index is 0.141. The van der Waals surface area contributed by atoms with E-state index in [9.17, 15) is 14.7 Å². The van der Waals surface area contributed by atoms with Gasteiger partial charge in [-0.15, -0.1) is 0 Å². The van der Waals surface area contributed by atoms with Gasteiger partial charge in [0.25, 0.3) is 0 Å². The van der Waals surface area contributed by atoms with Gasteiger partial charge in [-0.1, -0.05) is 18.2 Å². The quantitative estimate of drug-likeness (QED) is 0.381. The summed E-state index contributed by atoms with van der Waals surface area (Å²) in [4.78, 5) is 32.9. The van der Waals surface area contributed by atoms with Crippen molar-refractivity contribution in [3.63, 3.8) is 0 Å². The second kappa shape index (κ2) is 8.35. The van der Waals surface area contributed by atoms with Gasteiger partial charge in [0.05, 0.1) is 17.1 Å². The fourth-order valence-corrected chi connectivity index (χ4v) is 3.39. The highest BCUT2D eigenvalue weighted by Crippen LogP contribution is 2.24. The molecular weight excluding hydrogens is 396 g/mol. The maximum Gasteiger partial charge on any atom is 0.325 e. The average molecular weight is 418 g/mol. The van der Waals surface area contributed by atoms with Gasteiger partial charge in [0.1, 0.15) is 12.4 Å². The third-order valence-electron chi connectivity index (χ3n) is 5.01. The summed E-state index contributed by atoms with van der Waals surface area (Å²) in [5, 5.41) is 13.5. The molecule has 2 aromatic heterocycles. The van der Waals surface area contributed by atoms with Gasteiger partial charge in [0.15, 0.2) is 0 Å². The molecule has 0 aliphatic heterocycles. The molecule has 4 rings (SSSR count). The first-order valence-corrected chi connectivity index (χ1v) is 9.81. The molecule has 0 fully saturated rings. The molecule has 0 aliphatic carbocycles. The predicted octanol–water partition coefficient (Wildman–Crippen LogP) is 3.59. The Balaban J connectivity index is 1.41. The van der Waals surface area contributed by atoms with E-state index in [-0.39, 0.29) is 17.5 Å². The smallest absolute Gasteiger partial charge is 0.325 e. The Morgan fingerprint density at radius 1 is 1.16 bits per heavy atom. The number of aryl methyl sites for hydroxylation is 1. The molecule has 2 heterocycles. The van der Waals surface area contributed by atoms with E-state index in [0.717, 1.165) is 22.2 Å². The Morgan fingerprint density at radius 3 is 2.61 bits per heavy atom. The number of para-hydroxylation sites is 1. The van der Waals surface area contributed by atoms with Crippen LogP contribution in [0.5, 0.6) is 11.6 Å². The number of carbonyl (C=O) groups is 1. The van der Waals surface area contributed by atoms with Crippen LogP contribution >= 0.6 is 0 Å². The number of nitrogens with zero attached hydrogens (tertiary/aromatic N) is 1. The van der Waals surface area contributed by atoms with Gasteiger partial charge in [-0.3, -0.25) is 14.8 Å². The number of nitrogens with one attached hydrogen (secondary N) is 3. The number of benzene rings is 2. The van der Waals surface area contributed by atoms with Gasteiger partial charge >= 0.3 is 5.69 Å². The fraction of sp³-hybridized carbons (Fsp3) is 0.174. The first kappa shape index (κ1) is 20.2. The largest absolute Gasteiger partial charge is 0.493 e. The molecule has 1 unspecified atom stereocenters. The van der Waals surface area contributed by atoms with Gasteiger partial charge in [-0.05, 0) is 50.2 Å². The third-order valence-corrected chi connectivity index (χ3v) is 5.01. The minimum Gasteiger partial charge on any atom is -0.493 e. The third kappa shape index (κ3) is 4.42. The molecule has 4 aromatic rings. The van der Waals surface area contributed by atoms with E-state index in [0.29, 0.717) is 18.0 Å². The number of ether oxygens (including phenoxy) is 1. The van der Waals surface area contributed by atoms with Gasteiger partial charge in [0.2, 0.25) is 11.8 Å². The van der Waals surface area contributed by atoms with Crippen LogP contribution in [0.3, 0.4) is 0 Å². The number of rotatable bonds is 6. The molecule has 0 saturated heterocycles. The molecule has 8 nitrogen and oxygen atoms in total. The lowest BCUT2D eigenvalue weighted by atomic mass is 10.1. The lowest BCUT2D eigenvalue weighted by Crippen LogP contribution is -2.19. The van der Waals surface area contributed by atoms with E-state index in [1.54, 1.807) is 31.2 Å². The Hall–Kier alpha value is -4.07. The molecular formula is C23H22N4O4. The first-order chi connectivity index (χ1) is 14.9. The number of hydrogen-bond donors (Lipinski definition) is 4. The Kier molecular flexibility index (Phi) is 5.44. The number of pyridine rings is 1. The van der Waals surface area contributed by atoms with Crippen molar-refractivity contribution in [1.82, 2.24) is 15.0 Å². The number of imidazole rings is 1. The molecule has 158 valence electrons. The molecule has 8 heteroatoms. The number of fused-ring (bicyclic) bond motifs is 1. The van der Waals surface area contributed by atoms with E-state index in [1.165, 1.54) is 0 Å². The summed E-state index contributed by atoms with van der Waals surface area (Å²) in [6, 6.07) is 17.0. The molecule has 0 radical (unpaired) electrons. The van der Waals surface area contributed by atoms with Crippen LogP contribution in [0.15, 0.2) is 59.4 Å². The number of H-pyrrole nitrogens is 2. The van der Waals surface area contributed by atoms with Crippen molar-refractivity contribution < 1.29 is 14.6 Å². The standard InChI is InChI=1S/C23H22N4O4/c1-13-11-15(18-5-3-4-6-19(18)24-13)12-31-17-9-7-16(8-10-17)25-21(28)14(2)20-22(29)27-23(30)26-20/h3-11,14,29H,12H2,1-2H3,(H,25,28)(H2,26,27,30). The van der Waals surface area contributed by atoms with Crippen molar-refractivity contribution in [2.45, 2.75) is 26.4 Å². The molecule has 4 N–H and O–H groups in total. The Bertz CT molecular complexity index is 1290. The number of hydrogen-bond acceptors (Lipinski definition) is 5. The van der Waals surface area contributed by atoms with E-state index in [4.69, 9.17) is 4.74 Å². The average Bonchev–Trinajstić information content (AvgIpc) is 3.10. The number of aromatic amines is 2. The minimum atomic E-state index is -0.738. The second-order valence-corrected chi connectivity index (χ2v) is 7.31. The number of carbonyl (C=O) groups excluding carboxylic acids is 1. The number of anilines is 1. The summed E-state index contributed by atoms with van der Waals surface area (Å²) in [6.45, 7) is 3.94. The Labute approximate surface area is 177 Å². The first-order valence-electron chi connectivity index (χ1n) is 9.81. The van der Waals surface area contributed by atoms with E-state index < -0.39 is 11.6 Å². The van der Waals surface area contributed by atoms with Crippen LogP contribution in [0.25, 0.3) is 10.9 Å². The molecule has 1 atom stereocenters. The maximum atomic E-state index is 12.4. The zero-order chi connectivity index (χ0) is 22.0. The highest BCUT2D eigenvalue weighted by molar-refractivity contribution is 5.95. The summed E-state index contributed by atoms with van der Waals surface area (Å²) < 4.78 is 5.93. The zero-order valence-electron chi connectivity index (χ0n) is 17.1. The van der Waals surface area contributed by atoms with E-state index >= 15 is 0 Å². The summed E-state index contributed by atoms with van der Waals surface area (Å²) in [7, 11) is 0. The number of aromatic hydroxyl groups is 1. The summed E-state index contributed by atoms with van der Waals surface area (Å²) in [6.07, 6.45) is 0. The molecule has 1 amide bonds. The van der Waals surface area contributed by atoms with Crippen molar-refractivity contribution >= 4 is 22.5 Å². The fourth-order valence-electron chi connectivity index (χ4n) is 3.39. The molecule has 0 bridgehead atoms. The predicted molar refractivity (Wildman–Crippen MR) is 117 cm³/mol. The van der Waals surface area contributed by atoms with Crippen LogP contribution in [0.1, 0.15) is 29.8 Å². The highest BCUT2D eigenvalue weighted by atomic mass is 16.5. The van der Waals surface area contributed by atoms with Crippen LogP contribution in [-0.2, 0) is 11.4 Å². The normalized spacial score (nSPS) is 11.9. The number of amides is 1. The van der Waals surface area contributed by atoms with Crippen LogP contribution in [0, 0.1) is 6.92 Å². The number of aromatic nitrogens is 3. The molecule has 0 aliphatic rings. The van der Waals surface area contributed by atoms with Gasteiger partial charge in [-0.25, -0.2) is 4.79 Å². The van der Waals surface area contributed by atoms with Gasteiger partial charge < -0.3 is 20.1 Å². The molecule has 0 saturated carbocycles. The van der Waals surface area contributed by atoms with Crippen LogP contribution < -0.4 is 15.7 Å². The van der Waals surface area contributed by atoms with Crippen molar-refractivity contribution in [3.05, 3.63) is 82.0 Å². The zero-order valence-corrected chi connectivity index (χ0v) is 17.1. The van der Waals surface area contributed by atoms with Gasteiger partial charge in [-0.2, -0.15) is 0 Å². The van der Waals surface area contributed by atoms with Crippen molar-refractivity contribution in [2.24, 2.45) is 0 Å². The monoisotopic (exact) mass is 418 g/mol. The summed E-state index contributed by atoms with van der Waals surface area (Å²) in [5.74, 6) is -0.775. The molecule has 2 aromatic carbocycles. The lowest BCUT2D eigenvalue weighted by Gasteiger charge is -2.12. The van der Waals surface area contributed by atoms with E-state index in [2.05, 4.69) is 20.3 Å². The van der Waals surface area contributed by atoms with Crippen LogP contribution in [0.4, 0.5) is 5.69 Å².